The highest BCUT2D eigenvalue weighted by molar-refractivity contribution is 8.16. The largest absolute Gasteiger partial charge is 0.239 e. The van der Waals surface area contributed by atoms with E-state index in [2.05, 4.69) is 192 Å². The summed E-state index contributed by atoms with van der Waals surface area (Å²) in [5, 5.41) is 0. The molecule has 6 rings (SSSR count). The van der Waals surface area contributed by atoms with Crippen LogP contribution in [0.5, 0.6) is 0 Å². The van der Waals surface area contributed by atoms with E-state index in [1.807, 2.05) is 23.1 Å². The maximum absolute atomic E-state index is 2.30. The summed E-state index contributed by atoms with van der Waals surface area (Å²) in [4.78, 5) is 5.06. The van der Waals surface area contributed by atoms with Gasteiger partial charge in [0, 0.05) is 33.1 Å². The number of benzene rings is 4. The molecule has 1 aromatic heterocycles. The second-order valence-corrected chi connectivity index (χ2v) is 14.6. The number of hydrogen-bond donors (Lipinski definition) is 0. The lowest BCUT2D eigenvalue weighted by atomic mass is 10.0. The highest BCUT2D eigenvalue weighted by Gasteiger charge is 2.18. The van der Waals surface area contributed by atoms with Crippen molar-refractivity contribution in [2.75, 3.05) is 0 Å². The molecule has 232 valence electrons. The van der Waals surface area contributed by atoms with Gasteiger partial charge in [-0.3, -0.25) is 0 Å². The van der Waals surface area contributed by atoms with Crippen LogP contribution in [0.4, 0.5) is 0 Å². The van der Waals surface area contributed by atoms with Crippen LogP contribution in [-0.2, 0) is 0 Å². The first-order valence-electron chi connectivity index (χ1n) is 16.4. The average molecular weight is 646 g/mol. The van der Waals surface area contributed by atoms with E-state index in [-0.39, 0.29) is 0 Å². The molecule has 4 aromatic carbocycles. The minimum absolute atomic E-state index is 0.523. The van der Waals surface area contributed by atoms with E-state index in [4.69, 9.17) is 0 Å². The lowest BCUT2D eigenvalue weighted by molar-refractivity contribution is 0.866. The highest BCUT2D eigenvalue weighted by Crippen LogP contribution is 2.44. The second-order valence-electron chi connectivity index (χ2n) is 12.4. The van der Waals surface area contributed by atoms with Gasteiger partial charge in [0.2, 0.25) is 21.1 Å². The van der Waals surface area contributed by atoms with E-state index < -0.39 is 0 Å². The zero-order valence-corrected chi connectivity index (χ0v) is 29.2. The van der Waals surface area contributed by atoms with Crippen molar-refractivity contribution in [1.82, 2.24) is 0 Å². The fourth-order valence-electron chi connectivity index (χ4n) is 5.47. The molecule has 0 unspecified atom stereocenters. The summed E-state index contributed by atoms with van der Waals surface area (Å²) in [7, 11) is 0. The van der Waals surface area contributed by atoms with Gasteiger partial charge in [-0.05, 0) is 81.6 Å². The van der Waals surface area contributed by atoms with Crippen molar-refractivity contribution in [1.29, 1.82) is 0 Å². The predicted octanol–water partition coefficient (Wildman–Crippen LogP) is 13.9. The van der Waals surface area contributed by atoms with Gasteiger partial charge in [0.15, 0.2) is 0 Å². The first-order chi connectivity index (χ1) is 22.9. The maximum Gasteiger partial charge on any atom is 0.239 e. The Kier molecular flexibility index (Phi) is 10.6. The summed E-state index contributed by atoms with van der Waals surface area (Å²) in [5.74, 6) is 1.05. The van der Waals surface area contributed by atoms with Crippen LogP contribution in [0.15, 0.2) is 163 Å². The van der Waals surface area contributed by atoms with Crippen molar-refractivity contribution in [2.45, 2.75) is 39.5 Å². The number of thioether (sulfide) groups is 1. The quantitative estimate of drug-likeness (QED) is 0.114. The fourth-order valence-corrected chi connectivity index (χ4v) is 7.74. The Morgan fingerprint density at radius 3 is 1.51 bits per heavy atom. The van der Waals surface area contributed by atoms with Crippen LogP contribution >= 0.6 is 23.1 Å². The molecule has 5 aromatic rings. The fraction of sp³-hybridized carbons (Fsp3) is 0.133. The molecule has 0 radical (unpaired) electrons. The third-order valence-corrected chi connectivity index (χ3v) is 10.6. The summed E-state index contributed by atoms with van der Waals surface area (Å²) in [6.45, 7) is 8.97. The lowest BCUT2D eigenvalue weighted by Crippen LogP contribution is -1.92. The molecule has 0 amide bonds. The molecule has 47 heavy (non-hydrogen) atoms. The van der Waals surface area contributed by atoms with Crippen LogP contribution in [0.2, 0.25) is 0 Å². The SMILES string of the molecule is CC(C)c1ccc(C2=C\C(=C/C=C/C=C/c3cc(-c4ccccc4)[s+]c(-c4ccc(C(C)C)cc4)c3)C=C(c3ccccc3)S2)cc1. The topological polar surface area (TPSA) is 0 Å². The van der Waals surface area contributed by atoms with Crippen molar-refractivity contribution in [3.05, 3.63) is 191 Å². The van der Waals surface area contributed by atoms with Crippen molar-refractivity contribution >= 4 is 39.0 Å². The predicted molar refractivity (Wildman–Crippen MR) is 210 cm³/mol. The molecule has 0 bridgehead atoms. The van der Waals surface area contributed by atoms with Crippen molar-refractivity contribution in [2.24, 2.45) is 0 Å². The summed E-state index contributed by atoms with van der Waals surface area (Å²) in [6.07, 6.45) is 15.4. The zero-order chi connectivity index (χ0) is 32.6. The molecular weight excluding hydrogens is 605 g/mol. The minimum Gasteiger partial charge on any atom is -0.0888 e. The van der Waals surface area contributed by atoms with Crippen molar-refractivity contribution in [3.8, 4) is 20.9 Å². The molecule has 2 heterocycles. The second kappa shape index (κ2) is 15.4. The number of rotatable bonds is 9. The molecule has 0 atom stereocenters. The Morgan fingerprint density at radius 2 is 0.979 bits per heavy atom. The van der Waals surface area contributed by atoms with Crippen molar-refractivity contribution in [3.63, 3.8) is 0 Å². The first kappa shape index (κ1) is 32.4. The summed E-state index contributed by atoms with van der Waals surface area (Å²) >= 11 is 3.68. The Labute approximate surface area is 289 Å². The molecule has 0 nitrogen and oxygen atoms in total. The van der Waals surface area contributed by atoms with Gasteiger partial charge in [-0.25, -0.2) is 0 Å². The van der Waals surface area contributed by atoms with E-state index >= 15 is 0 Å². The molecular formula is C45H41S2+. The van der Waals surface area contributed by atoms with E-state index in [0.29, 0.717) is 11.8 Å². The van der Waals surface area contributed by atoms with Crippen LogP contribution in [0.3, 0.4) is 0 Å². The Morgan fingerprint density at radius 1 is 0.511 bits per heavy atom. The zero-order valence-electron chi connectivity index (χ0n) is 27.6. The lowest BCUT2D eigenvalue weighted by Gasteiger charge is -2.17. The van der Waals surface area contributed by atoms with Gasteiger partial charge >= 0.3 is 0 Å². The Bertz CT molecular complexity index is 1950. The van der Waals surface area contributed by atoms with Crippen LogP contribution in [0, 0.1) is 0 Å². The molecule has 0 aliphatic carbocycles. The molecule has 1 aliphatic heterocycles. The summed E-state index contributed by atoms with van der Waals surface area (Å²) in [6, 6.07) is 44.0. The van der Waals surface area contributed by atoms with E-state index in [1.165, 1.54) is 64.1 Å². The minimum atomic E-state index is 0.523. The molecule has 0 fully saturated rings. The summed E-state index contributed by atoms with van der Waals surface area (Å²) < 4.78 is 0. The third kappa shape index (κ3) is 8.46. The molecule has 0 saturated carbocycles. The van der Waals surface area contributed by atoms with Gasteiger partial charge in [-0.1, -0.05) is 155 Å². The van der Waals surface area contributed by atoms with Gasteiger partial charge in [-0.2, -0.15) is 0 Å². The smallest absolute Gasteiger partial charge is 0.0888 e. The Balaban J connectivity index is 1.28. The van der Waals surface area contributed by atoms with Gasteiger partial charge in [0.05, 0.1) is 0 Å². The van der Waals surface area contributed by atoms with Crippen LogP contribution in [-0.4, -0.2) is 0 Å². The average Bonchev–Trinajstić information content (AvgIpc) is 3.12. The monoisotopic (exact) mass is 645 g/mol. The van der Waals surface area contributed by atoms with E-state index in [1.54, 1.807) is 0 Å². The molecule has 0 spiro atoms. The number of hydrogen-bond acceptors (Lipinski definition) is 1. The van der Waals surface area contributed by atoms with Crippen LogP contribution < -0.4 is 0 Å². The molecule has 2 heteroatoms. The van der Waals surface area contributed by atoms with E-state index in [0.717, 1.165) is 0 Å². The molecule has 0 saturated heterocycles. The standard InChI is InChI=1S/C45H41S2/c1-32(2)36-20-24-40(25-21-36)44-30-34(28-42(46-44)38-16-10-6-11-17-38)14-8-5-9-15-35-29-43(39-18-12-7-13-19-39)47-45(31-35)41-26-22-37(23-27-41)33(3)4/h5-33H,1-4H3/q+1. The normalized spacial score (nSPS) is 14.4. The number of allylic oxidation sites excluding steroid dienone is 7. The van der Waals surface area contributed by atoms with Crippen LogP contribution in [0.25, 0.3) is 36.8 Å². The highest BCUT2D eigenvalue weighted by atomic mass is 32.2. The van der Waals surface area contributed by atoms with Gasteiger partial charge in [-0.15, -0.1) is 0 Å². The summed E-state index contributed by atoms with van der Waals surface area (Å²) in [5.41, 5.74) is 10.1. The molecule has 0 N–H and O–H groups in total. The van der Waals surface area contributed by atoms with Gasteiger partial charge in [0.25, 0.3) is 0 Å². The first-order valence-corrected chi connectivity index (χ1v) is 18.0. The molecule has 1 aliphatic rings. The maximum atomic E-state index is 2.30. The van der Waals surface area contributed by atoms with Crippen molar-refractivity contribution < 1.29 is 0 Å². The van der Waals surface area contributed by atoms with E-state index in [9.17, 15) is 0 Å². The third-order valence-electron chi connectivity index (χ3n) is 8.27. The Hall–Kier alpha value is -4.50. The van der Waals surface area contributed by atoms with Gasteiger partial charge < -0.3 is 0 Å². The van der Waals surface area contributed by atoms with Gasteiger partial charge in [0.1, 0.15) is 0 Å². The van der Waals surface area contributed by atoms with Crippen LogP contribution in [0.1, 0.15) is 67.3 Å².